The Morgan fingerprint density at radius 1 is 0.655 bits per heavy atom. The lowest BCUT2D eigenvalue weighted by Crippen LogP contribution is -2.44. The van der Waals surface area contributed by atoms with Crippen molar-refractivity contribution in [3.05, 3.63) is 100 Å². The third-order valence-electron chi connectivity index (χ3n) is 10.7. The molecule has 2 unspecified atom stereocenters. The van der Waals surface area contributed by atoms with Gasteiger partial charge in [0.05, 0.1) is 85.9 Å². The summed E-state index contributed by atoms with van der Waals surface area (Å²) in [5.74, 6) is 1.30. The van der Waals surface area contributed by atoms with E-state index >= 15 is 0 Å². The first kappa shape index (κ1) is 34.1. The molecule has 1 N–H and O–H groups in total. The van der Waals surface area contributed by atoms with E-state index in [1.165, 1.54) is 14.2 Å². The zero-order chi connectivity index (χ0) is 38.0. The summed E-state index contributed by atoms with van der Waals surface area (Å²) in [6, 6.07) is 11.4. The van der Waals surface area contributed by atoms with Crippen molar-refractivity contribution in [1.82, 2.24) is 28.9 Å². The van der Waals surface area contributed by atoms with Crippen molar-refractivity contribution in [3.8, 4) is 28.7 Å². The van der Waals surface area contributed by atoms with Crippen molar-refractivity contribution in [1.29, 1.82) is 0 Å². The number of phenolic OH excluding ortho intramolecular Hbond substituents is 1. The molecule has 3 aromatic carbocycles. The Morgan fingerprint density at radius 3 is 1.55 bits per heavy atom. The summed E-state index contributed by atoms with van der Waals surface area (Å²) in [4.78, 5) is 49.5. The normalized spacial score (nSPS) is 18.0. The van der Waals surface area contributed by atoms with Gasteiger partial charge in [0.15, 0.2) is 23.0 Å². The van der Waals surface area contributed by atoms with Crippen molar-refractivity contribution in [2.45, 2.75) is 51.2 Å². The van der Waals surface area contributed by atoms with Crippen LogP contribution in [0.4, 0.5) is 11.4 Å². The Kier molecular flexibility index (Phi) is 8.28. The summed E-state index contributed by atoms with van der Waals surface area (Å²) in [5.41, 5.74) is 7.10. The third kappa shape index (κ3) is 6.01. The van der Waals surface area contributed by atoms with Crippen LogP contribution < -0.4 is 18.9 Å². The number of aliphatic imine (C=N–C) groups is 2. The van der Waals surface area contributed by atoms with Crippen LogP contribution in [0.2, 0.25) is 0 Å². The minimum atomic E-state index is -0.203. The number of hydrogen-bond donors (Lipinski definition) is 1. The number of imidazole rings is 2. The average Bonchev–Trinajstić information content (AvgIpc) is 3.67. The maximum absolute atomic E-state index is 13.8. The molecule has 6 heterocycles. The van der Waals surface area contributed by atoms with E-state index in [9.17, 15) is 14.7 Å². The highest BCUT2D eigenvalue weighted by atomic mass is 16.5. The van der Waals surface area contributed by atoms with Gasteiger partial charge >= 0.3 is 0 Å². The molecule has 15 nitrogen and oxygen atoms in total. The molecule has 9 rings (SSSR count). The predicted molar refractivity (Wildman–Crippen MR) is 200 cm³/mol. The molecule has 0 spiro atoms. The fourth-order valence-electron chi connectivity index (χ4n) is 7.75. The highest BCUT2D eigenvalue weighted by Gasteiger charge is 2.36. The highest BCUT2D eigenvalue weighted by molar-refractivity contribution is 6.04. The van der Waals surface area contributed by atoms with E-state index in [-0.39, 0.29) is 42.9 Å². The largest absolute Gasteiger partial charge is 0.508 e. The minimum Gasteiger partial charge on any atom is -0.508 e. The summed E-state index contributed by atoms with van der Waals surface area (Å²) < 4.78 is 27.7. The Hall–Kier alpha value is -6.64. The van der Waals surface area contributed by atoms with Crippen molar-refractivity contribution in [3.63, 3.8) is 0 Å². The van der Waals surface area contributed by atoms with Crippen LogP contribution in [-0.4, -0.2) is 84.6 Å². The SMILES string of the molecule is COc1cc2c(cc1OCc1cc(O)cc(COc3cc4c(cc3OC)C(=O)N3Cc5ncn(C)c5CC3C=N4)c1)N=CC1Cc3c(ncn3C)CN1C2=O. The average molecular weight is 743 g/mol. The smallest absolute Gasteiger partial charge is 0.257 e. The number of carbonyl (C=O) groups excluding carboxylic acids is 2. The van der Waals surface area contributed by atoms with Gasteiger partial charge in [-0.2, -0.15) is 0 Å². The molecule has 0 fully saturated rings. The van der Waals surface area contributed by atoms with E-state index in [2.05, 4.69) is 9.97 Å². The molecule has 280 valence electrons. The molecule has 0 saturated heterocycles. The summed E-state index contributed by atoms with van der Waals surface area (Å²) in [6.07, 6.45) is 8.41. The molecule has 2 aromatic heterocycles. The van der Waals surface area contributed by atoms with Crippen molar-refractivity contribution < 1.29 is 33.6 Å². The van der Waals surface area contributed by atoms with Crippen LogP contribution in [-0.2, 0) is 53.2 Å². The number of fused-ring (bicyclic) bond motifs is 6. The second-order valence-corrected chi connectivity index (χ2v) is 14.1. The Morgan fingerprint density at radius 2 is 1.11 bits per heavy atom. The number of amides is 2. The molecule has 0 radical (unpaired) electrons. The number of aryl methyl sites for hydroxylation is 2. The summed E-state index contributed by atoms with van der Waals surface area (Å²) in [5, 5.41) is 10.7. The van der Waals surface area contributed by atoms with Crippen LogP contribution in [0.5, 0.6) is 28.7 Å². The van der Waals surface area contributed by atoms with Gasteiger partial charge in [-0.25, -0.2) is 9.97 Å². The lowest BCUT2D eigenvalue weighted by atomic mass is 10.0. The first-order valence-corrected chi connectivity index (χ1v) is 17.9. The maximum Gasteiger partial charge on any atom is 0.257 e. The second-order valence-electron chi connectivity index (χ2n) is 14.1. The van der Waals surface area contributed by atoms with Crippen LogP contribution >= 0.6 is 0 Å². The summed E-state index contributed by atoms with van der Waals surface area (Å²) >= 11 is 0. The molecular weight excluding hydrogens is 704 g/mol. The summed E-state index contributed by atoms with van der Waals surface area (Å²) in [7, 11) is 6.95. The number of aromatic nitrogens is 4. The molecule has 0 saturated carbocycles. The Labute approximate surface area is 316 Å². The van der Waals surface area contributed by atoms with Gasteiger partial charge in [-0.1, -0.05) is 0 Å². The predicted octanol–water partition coefficient (Wildman–Crippen LogP) is 4.60. The monoisotopic (exact) mass is 742 g/mol. The van der Waals surface area contributed by atoms with Crippen LogP contribution in [0.3, 0.4) is 0 Å². The van der Waals surface area contributed by atoms with Crippen molar-refractivity contribution in [2.75, 3.05) is 14.2 Å². The number of aromatic hydroxyl groups is 1. The molecule has 0 aliphatic carbocycles. The number of rotatable bonds is 8. The van der Waals surface area contributed by atoms with Crippen molar-refractivity contribution >= 4 is 35.6 Å². The van der Waals surface area contributed by atoms with Gasteiger partial charge in [0.2, 0.25) is 0 Å². The minimum absolute atomic E-state index is 0.0344. The second kappa shape index (κ2) is 13.3. The zero-order valence-electron chi connectivity index (χ0n) is 30.7. The molecule has 0 bridgehead atoms. The van der Waals surface area contributed by atoms with Gasteiger partial charge in [0.1, 0.15) is 19.0 Å². The first-order chi connectivity index (χ1) is 26.7. The molecule has 15 heteroatoms. The number of benzene rings is 3. The van der Waals surface area contributed by atoms with Crippen molar-refractivity contribution in [2.24, 2.45) is 24.1 Å². The molecule has 2 atom stereocenters. The lowest BCUT2D eigenvalue weighted by Gasteiger charge is -2.32. The molecule has 4 aliphatic rings. The lowest BCUT2D eigenvalue weighted by molar-refractivity contribution is 0.0691. The van der Waals surface area contributed by atoms with Gasteiger partial charge < -0.3 is 43.0 Å². The van der Waals surface area contributed by atoms with Gasteiger partial charge in [0.25, 0.3) is 11.8 Å². The number of nitrogens with zero attached hydrogens (tertiary/aromatic N) is 8. The van der Waals surface area contributed by atoms with E-state index in [0.29, 0.717) is 82.6 Å². The number of phenols is 1. The number of methoxy groups -OCH3 is 2. The van der Waals surface area contributed by atoms with E-state index in [0.717, 1.165) is 22.8 Å². The fraction of sp³-hybridized carbons (Fsp3) is 0.300. The zero-order valence-corrected chi connectivity index (χ0v) is 30.7. The summed E-state index contributed by atoms with van der Waals surface area (Å²) in [6.45, 7) is 0.962. The van der Waals surface area contributed by atoms with Gasteiger partial charge in [-0.15, -0.1) is 0 Å². The molecule has 5 aromatic rings. The van der Waals surface area contributed by atoms with Crippen LogP contribution in [0.25, 0.3) is 0 Å². The van der Waals surface area contributed by atoms with Gasteiger partial charge in [-0.05, 0) is 41.5 Å². The fourth-order valence-corrected chi connectivity index (χ4v) is 7.75. The van der Waals surface area contributed by atoms with E-state index in [1.54, 1.807) is 58.9 Å². The van der Waals surface area contributed by atoms with Crippen LogP contribution in [0.1, 0.15) is 54.6 Å². The van der Waals surface area contributed by atoms with Crippen LogP contribution in [0, 0.1) is 0 Å². The van der Waals surface area contributed by atoms with Crippen LogP contribution in [0.15, 0.2) is 65.1 Å². The number of hydrogen-bond acceptors (Lipinski definition) is 11. The van der Waals surface area contributed by atoms with E-state index < -0.39 is 0 Å². The molecule has 4 aliphatic heterocycles. The van der Waals surface area contributed by atoms with E-state index in [4.69, 9.17) is 28.9 Å². The number of carbonyl (C=O) groups is 2. The van der Waals surface area contributed by atoms with E-state index in [1.807, 2.05) is 41.7 Å². The maximum atomic E-state index is 13.8. The third-order valence-corrected chi connectivity index (χ3v) is 10.7. The first-order valence-electron chi connectivity index (χ1n) is 17.9. The Balaban J connectivity index is 0.913. The quantitative estimate of drug-likeness (QED) is 0.240. The highest BCUT2D eigenvalue weighted by Crippen LogP contribution is 2.40. The van der Waals surface area contributed by atoms with Gasteiger partial charge in [-0.3, -0.25) is 19.6 Å². The molecule has 55 heavy (non-hydrogen) atoms. The number of ether oxygens (including phenoxy) is 4. The molecular formula is C40H38N8O7. The standard InChI is InChI=1S/C40H38N8O7/c1-45-20-43-31-16-47-24(8-33(31)45)14-41-29-12-37(35(52-3)10-27(29)39(47)50)54-18-22-5-23(7-26(49)6-22)19-55-38-13-30-28(11-36(38)53-4)40(51)48-17-32-34(46(2)21-44-32)9-25(48)15-42-30/h5-7,10-15,20-21,24-25,49H,8-9,16-19H2,1-4H3. The Bertz CT molecular complexity index is 2290. The molecule has 2 amide bonds. The topological polar surface area (TPSA) is 158 Å². The van der Waals surface area contributed by atoms with Gasteiger partial charge in [0, 0.05) is 62.9 Å².